The molecule has 0 aliphatic heterocycles. The number of amides is 1. The molecule has 2 rings (SSSR count). The van der Waals surface area contributed by atoms with Crippen LogP contribution in [0.4, 0.5) is 0 Å². The molecule has 142 valence electrons. The molecule has 0 aliphatic rings. The second kappa shape index (κ2) is 9.25. The van der Waals surface area contributed by atoms with Gasteiger partial charge in [0.05, 0.1) is 0 Å². The number of aromatic nitrogens is 1. The van der Waals surface area contributed by atoms with Crippen LogP contribution in [0, 0.1) is 5.92 Å². The van der Waals surface area contributed by atoms with Gasteiger partial charge >= 0.3 is 0 Å². The maximum atomic E-state index is 12.6. The van der Waals surface area contributed by atoms with E-state index in [1.807, 2.05) is 26.8 Å². The number of carbonyl (C=O) groups is 1. The molecule has 0 saturated heterocycles. The van der Waals surface area contributed by atoms with Crippen LogP contribution in [0.1, 0.15) is 37.6 Å². The molecule has 2 heterocycles. The summed E-state index contributed by atoms with van der Waals surface area (Å²) in [5.41, 5.74) is 0.859. The fraction of sp³-hybridized carbons (Fsp3) is 0.444. The molecule has 2 N–H and O–H groups in total. The smallest absolute Gasteiger partial charge is 0.250 e. The Morgan fingerprint density at radius 3 is 2.62 bits per heavy atom. The number of aryl methyl sites for hydroxylation is 1. The van der Waals surface area contributed by atoms with Gasteiger partial charge in [-0.2, -0.15) is 4.72 Å². The first-order chi connectivity index (χ1) is 12.3. The van der Waals surface area contributed by atoms with Crippen molar-refractivity contribution in [3.8, 4) is 0 Å². The molecule has 2 aromatic rings. The predicted octanol–water partition coefficient (Wildman–Crippen LogP) is 2.71. The lowest BCUT2D eigenvalue weighted by Crippen LogP contribution is -2.47. The lowest BCUT2D eigenvalue weighted by atomic mass is 10.0. The van der Waals surface area contributed by atoms with Gasteiger partial charge in [-0.3, -0.25) is 9.78 Å². The molecular weight excluding hydrogens is 370 g/mol. The van der Waals surface area contributed by atoms with Crippen molar-refractivity contribution < 1.29 is 13.2 Å². The monoisotopic (exact) mass is 395 g/mol. The van der Waals surface area contributed by atoms with Gasteiger partial charge in [0.25, 0.3) is 10.0 Å². The summed E-state index contributed by atoms with van der Waals surface area (Å²) in [4.78, 5) is 17.6. The zero-order valence-electron chi connectivity index (χ0n) is 15.2. The van der Waals surface area contributed by atoms with Crippen LogP contribution in [0.5, 0.6) is 0 Å². The van der Waals surface area contributed by atoms with Gasteiger partial charge in [0.1, 0.15) is 10.3 Å². The Balaban J connectivity index is 2.09. The molecule has 0 unspecified atom stereocenters. The number of carbonyl (C=O) groups excluding carboxylic acids is 1. The molecule has 26 heavy (non-hydrogen) atoms. The SMILES string of the molecule is CCc1ccc(S(=O)(=O)N[C@@H](CC(C)C)C(=O)NCc2cccnc2)s1. The Labute approximate surface area is 159 Å². The fourth-order valence-electron chi connectivity index (χ4n) is 2.43. The third-order valence-corrected chi connectivity index (χ3v) is 6.95. The van der Waals surface area contributed by atoms with Crippen molar-refractivity contribution in [2.75, 3.05) is 0 Å². The van der Waals surface area contributed by atoms with Crippen molar-refractivity contribution in [2.45, 2.75) is 50.4 Å². The van der Waals surface area contributed by atoms with E-state index in [0.717, 1.165) is 16.9 Å². The summed E-state index contributed by atoms with van der Waals surface area (Å²) in [6.45, 7) is 6.19. The maximum Gasteiger partial charge on any atom is 0.250 e. The first kappa shape index (κ1) is 20.5. The number of hydrogen-bond donors (Lipinski definition) is 2. The molecule has 0 aromatic carbocycles. The number of thiophene rings is 1. The molecule has 0 spiro atoms. The molecule has 8 heteroatoms. The second-order valence-corrected chi connectivity index (χ2v) is 9.57. The van der Waals surface area contributed by atoms with Gasteiger partial charge in [-0.25, -0.2) is 8.42 Å². The number of nitrogens with zero attached hydrogens (tertiary/aromatic N) is 1. The third-order valence-electron chi connectivity index (χ3n) is 3.76. The quantitative estimate of drug-likeness (QED) is 0.683. The molecule has 0 fully saturated rings. The van der Waals surface area contributed by atoms with E-state index in [9.17, 15) is 13.2 Å². The van der Waals surface area contributed by atoms with E-state index in [4.69, 9.17) is 0 Å². The van der Waals surface area contributed by atoms with Gasteiger partial charge in [-0.15, -0.1) is 11.3 Å². The standard InChI is InChI=1S/C18H25N3O3S2/c1-4-15-7-8-17(25-15)26(23,24)21-16(10-13(2)3)18(22)20-12-14-6-5-9-19-11-14/h5-9,11,13,16,21H,4,10,12H2,1-3H3,(H,20,22)/t16-/m0/s1. The van der Waals surface area contributed by atoms with Crippen molar-refractivity contribution in [3.63, 3.8) is 0 Å². The topological polar surface area (TPSA) is 88.2 Å². The largest absolute Gasteiger partial charge is 0.351 e. The van der Waals surface area contributed by atoms with Gasteiger partial charge in [-0.05, 0) is 42.5 Å². The van der Waals surface area contributed by atoms with E-state index in [1.54, 1.807) is 30.6 Å². The van der Waals surface area contributed by atoms with Crippen molar-refractivity contribution in [2.24, 2.45) is 5.92 Å². The van der Waals surface area contributed by atoms with Gasteiger partial charge in [0, 0.05) is 23.8 Å². The van der Waals surface area contributed by atoms with E-state index in [0.29, 0.717) is 13.0 Å². The Kier molecular flexibility index (Phi) is 7.31. The van der Waals surface area contributed by atoms with Crippen LogP contribution in [0.25, 0.3) is 0 Å². The minimum atomic E-state index is -3.73. The Morgan fingerprint density at radius 1 is 1.27 bits per heavy atom. The van der Waals surface area contributed by atoms with Crippen LogP contribution in [0.2, 0.25) is 0 Å². The summed E-state index contributed by atoms with van der Waals surface area (Å²) < 4.78 is 28.1. The number of pyridine rings is 1. The second-order valence-electron chi connectivity index (χ2n) is 6.46. The van der Waals surface area contributed by atoms with Crippen LogP contribution in [-0.2, 0) is 27.8 Å². The molecular formula is C18H25N3O3S2. The van der Waals surface area contributed by atoms with Crippen molar-refractivity contribution in [1.82, 2.24) is 15.0 Å². The molecule has 1 amide bonds. The molecule has 6 nitrogen and oxygen atoms in total. The Bertz CT molecular complexity index is 817. The molecule has 0 radical (unpaired) electrons. The first-order valence-corrected chi connectivity index (χ1v) is 10.9. The van der Waals surface area contributed by atoms with Crippen LogP contribution >= 0.6 is 11.3 Å². The van der Waals surface area contributed by atoms with Crippen molar-refractivity contribution in [3.05, 3.63) is 47.1 Å². The number of sulfonamides is 1. The Morgan fingerprint density at radius 2 is 2.04 bits per heavy atom. The molecule has 2 aromatic heterocycles. The van der Waals surface area contributed by atoms with E-state index < -0.39 is 16.1 Å². The summed E-state index contributed by atoms with van der Waals surface area (Å²) in [6.07, 6.45) is 4.53. The zero-order chi connectivity index (χ0) is 19.2. The van der Waals surface area contributed by atoms with Crippen LogP contribution < -0.4 is 10.0 Å². The van der Waals surface area contributed by atoms with Gasteiger partial charge in [-0.1, -0.05) is 26.8 Å². The van der Waals surface area contributed by atoms with E-state index in [1.165, 1.54) is 11.3 Å². The number of nitrogens with one attached hydrogen (secondary N) is 2. The van der Waals surface area contributed by atoms with Gasteiger partial charge < -0.3 is 5.32 Å². The summed E-state index contributed by atoms with van der Waals surface area (Å²) >= 11 is 1.23. The average Bonchev–Trinajstić information content (AvgIpc) is 3.09. The predicted molar refractivity (Wildman–Crippen MR) is 103 cm³/mol. The average molecular weight is 396 g/mol. The maximum absolute atomic E-state index is 12.6. The molecule has 0 aliphatic carbocycles. The molecule has 0 saturated carbocycles. The minimum absolute atomic E-state index is 0.168. The summed E-state index contributed by atoms with van der Waals surface area (Å²) in [5.74, 6) is -0.167. The highest BCUT2D eigenvalue weighted by Crippen LogP contribution is 2.22. The number of hydrogen-bond acceptors (Lipinski definition) is 5. The highest BCUT2D eigenvalue weighted by molar-refractivity contribution is 7.91. The van der Waals surface area contributed by atoms with E-state index in [2.05, 4.69) is 15.0 Å². The summed E-state index contributed by atoms with van der Waals surface area (Å²) in [7, 11) is -3.73. The van der Waals surface area contributed by atoms with Crippen LogP contribution in [0.3, 0.4) is 0 Å². The van der Waals surface area contributed by atoms with Crippen LogP contribution in [0.15, 0.2) is 40.9 Å². The Hall–Kier alpha value is -1.77. The lowest BCUT2D eigenvalue weighted by Gasteiger charge is -2.19. The van der Waals surface area contributed by atoms with Crippen molar-refractivity contribution >= 4 is 27.3 Å². The zero-order valence-corrected chi connectivity index (χ0v) is 16.9. The lowest BCUT2D eigenvalue weighted by molar-refractivity contribution is -0.123. The summed E-state index contributed by atoms with van der Waals surface area (Å²) in [5, 5.41) is 2.79. The fourth-order valence-corrected chi connectivity index (χ4v) is 4.95. The molecule has 0 bridgehead atoms. The minimum Gasteiger partial charge on any atom is -0.351 e. The van der Waals surface area contributed by atoms with Gasteiger partial charge in [0.15, 0.2) is 0 Å². The van der Waals surface area contributed by atoms with E-state index >= 15 is 0 Å². The first-order valence-electron chi connectivity index (χ1n) is 8.59. The summed E-state index contributed by atoms with van der Waals surface area (Å²) in [6, 6.07) is 6.22. The van der Waals surface area contributed by atoms with E-state index in [-0.39, 0.29) is 16.0 Å². The third kappa shape index (κ3) is 5.89. The number of rotatable bonds is 9. The normalized spacial score (nSPS) is 12.9. The van der Waals surface area contributed by atoms with Gasteiger partial charge in [0.2, 0.25) is 5.91 Å². The molecule has 1 atom stereocenters. The van der Waals surface area contributed by atoms with Crippen LogP contribution in [-0.4, -0.2) is 25.4 Å². The highest BCUT2D eigenvalue weighted by Gasteiger charge is 2.27. The highest BCUT2D eigenvalue weighted by atomic mass is 32.2. The van der Waals surface area contributed by atoms with Crippen molar-refractivity contribution in [1.29, 1.82) is 0 Å².